The van der Waals surface area contributed by atoms with Crippen LogP contribution in [0.4, 0.5) is 0 Å². The lowest BCUT2D eigenvalue weighted by Gasteiger charge is -2.35. The fraction of sp³-hybridized carbons (Fsp3) is 0.172. The molecule has 0 N–H and O–H groups in total. The predicted octanol–water partition coefficient (Wildman–Crippen LogP) is 7.95. The Morgan fingerprint density at radius 2 is 1.41 bits per heavy atom. The standard InChI is InChI=1S/C29H30/c1-7-11-13-23(9-3)29(24(10-4)14-12-8-2)27-17-15-21(5)19-25(27)26-20-22(6)16-18-28(26)29/h7-20H,1,4H2,2-3,5-6H3/b12-8-,13-11-,23-9+,24-14+. The lowest BCUT2D eigenvalue weighted by Crippen LogP contribution is -2.29. The van der Waals surface area contributed by atoms with Gasteiger partial charge in [0, 0.05) is 0 Å². The summed E-state index contributed by atoms with van der Waals surface area (Å²) in [6.45, 7) is 16.6. The Morgan fingerprint density at radius 1 is 0.828 bits per heavy atom. The van der Waals surface area contributed by atoms with Crippen LogP contribution in [0, 0.1) is 13.8 Å². The van der Waals surface area contributed by atoms with E-state index in [0.29, 0.717) is 0 Å². The van der Waals surface area contributed by atoms with Crippen molar-refractivity contribution in [1.29, 1.82) is 0 Å². The summed E-state index contributed by atoms with van der Waals surface area (Å²) >= 11 is 0. The third-order valence-corrected chi connectivity index (χ3v) is 5.73. The van der Waals surface area contributed by atoms with E-state index in [4.69, 9.17) is 0 Å². The summed E-state index contributed by atoms with van der Waals surface area (Å²) in [7, 11) is 0. The van der Waals surface area contributed by atoms with E-state index in [1.165, 1.54) is 44.5 Å². The summed E-state index contributed by atoms with van der Waals surface area (Å²) in [5, 5.41) is 0. The lowest BCUT2D eigenvalue weighted by atomic mass is 9.66. The number of fused-ring (bicyclic) bond motifs is 3. The summed E-state index contributed by atoms with van der Waals surface area (Å²) in [6.07, 6.45) is 16.6. The van der Waals surface area contributed by atoms with Gasteiger partial charge in [-0.1, -0.05) is 109 Å². The largest absolute Gasteiger partial charge is 0.0991 e. The van der Waals surface area contributed by atoms with Crippen LogP contribution in [0.15, 0.2) is 109 Å². The van der Waals surface area contributed by atoms with Crippen molar-refractivity contribution in [1.82, 2.24) is 0 Å². The van der Waals surface area contributed by atoms with Gasteiger partial charge in [-0.15, -0.1) is 0 Å². The number of allylic oxidation sites excluding steroid dienone is 10. The maximum Gasteiger partial charge on any atom is 0.0710 e. The summed E-state index contributed by atoms with van der Waals surface area (Å²) in [5.41, 5.74) is 9.77. The van der Waals surface area contributed by atoms with Gasteiger partial charge < -0.3 is 0 Å². The Hall–Kier alpha value is -3.12. The molecule has 1 aliphatic carbocycles. The average molecular weight is 379 g/mol. The molecule has 0 aliphatic heterocycles. The van der Waals surface area contributed by atoms with Crippen molar-refractivity contribution in [3.8, 4) is 11.1 Å². The van der Waals surface area contributed by atoms with Crippen LogP contribution in [-0.2, 0) is 5.41 Å². The van der Waals surface area contributed by atoms with Gasteiger partial charge in [0.1, 0.15) is 0 Å². The summed E-state index contributed by atoms with van der Waals surface area (Å²) in [5.74, 6) is 0. The Kier molecular flexibility index (Phi) is 6.03. The molecule has 0 spiro atoms. The molecule has 0 saturated heterocycles. The van der Waals surface area contributed by atoms with Gasteiger partial charge in [0.15, 0.2) is 0 Å². The Labute approximate surface area is 176 Å². The van der Waals surface area contributed by atoms with Crippen molar-refractivity contribution in [2.24, 2.45) is 0 Å². The highest BCUT2D eigenvalue weighted by Crippen LogP contribution is 2.57. The average Bonchev–Trinajstić information content (AvgIpc) is 2.99. The molecular formula is C29H30. The molecule has 3 rings (SSSR count). The second-order valence-corrected chi connectivity index (χ2v) is 7.54. The SMILES string of the molecule is C=C/C=C\C(=C/C)C1(/C(C=C)=C/C=C\C)c2ccc(C)cc2-c2cc(C)ccc21. The smallest absolute Gasteiger partial charge is 0.0710 e. The minimum absolute atomic E-state index is 0.401. The topological polar surface area (TPSA) is 0 Å². The Balaban J connectivity index is 2.54. The van der Waals surface area contributed by atoms with Gasteiger partial charge in [0.25, 0.3) is 0 Å². The van der Waals surface area contributed by atoms with Gasteiger partial charge in [-0.2, -0.15) is 0 Å². The van der Waals surface area contributed by atoms with Gasteiger partial charge in [-0.25, -0.2) is 0 Å². The quantitative estimate of drug-likeness (QED) is 0.447. The van der Waals surface area contributed by atoms with Crippen molar-refractivity contribution in [3.05, 3.63) is 132 Å². The molecule has 0 nitrogen and oxygen atoms in total. The van der Waals surface area contributed by atoms with Crippen LogP contribution in [0.3, 0.4) is 0 Å². The maximum absolute atomic E-state index is 4.21. The maximum atomic E-state index is 4.21. The first-order chi connectivity index (χ1) is 14.0. The second-order valence-electron chi connectivity index (χ2n) is 7.54. The van der Waals surface area contributed by atoms with Gasteiger partial charge in [-0.05, 0) is 61.1 Å². The van der Waals surface area contributed by atoms with Crippen molar-refractivity contribution >= 4 is 0 Å². The monoisotopic (exact) mass is 378 g/mol. The zero-order valence-corrected chi connectivity index (χ0v) is 18.0. The van der Waals surface area contributed by atoms with Gasteiger partial charge in [-0.3, -0.25) is 0 Å². The fourth-order valence-corrected chi connectivity index (χ4v) is 4.51. The van der Waals surface area contributed by atoms with Crippen molar-refractivity contribution < 1.29 is 0 Å². The van der Waals surface area contributed by atoms with E-state index in [9.17, 15) is 0 Å². The van der Waals surface area contributed by atoms with Gasteiger partial charge >= 0.3 is 0 Å². The van der Waals surface area contributed by atoms with E-state index < -0.39 is 5.41 Å². The van der Waals surface area contributed by atoms with Gasteiger partial charge in [0.2, 0.25) is 0 Å². The zero-order valence-electron chi connectivity index (χ0n) is 18.0. The van der Waals surface area contributed by atoms with Crippen LogP contribution in [0.5, 0.6) is 0 Å². The number of rotatable bonds is 6. The minimum atomic E-state index is -0.401. The molecule has 0 aromatic heterocycles. The number of hydrogen-bond acceptors (Lipinski definition) is 0. The molecule has 1 aliphatic rings. The molecule has 146 valence electrons. The number of aryl methyl sites for hydroxylation is 2. The van der Waals surface area contributed by atoms with E-state index >= 15 is 0 Å². The molecule has 29 heavy (non-hydrogen) atoms. The van der Waals surface area contributed by atoms with Crippen molar-refractivity contribution in [3.63, 3.8) is 0 Å². The number of benzene rings is 2. The molecule has 2 aromatic carbocycles. The molecule has 0 bridgehead atoms. The molecule has 0 amide bonds. The van der Waals surface area contributed by atoms with E-state index in [1.807, 2.05) is 25.2 Å². The van der Waals surface area contributed by atoms with Crippen molar-refractivity contribution in [2.75, 3.05) is 0 Å². The van der Waals surface area contributed by atoms with E-state index in [2.05, 4.69) is 101 Å². The van der Waals surface area contributed by atoms with Gasteiger partial charge in [0.05, 0.1) is 5.41 Å². The van der Waals surface area contributed by atoms with Crippen LogP contribution in [0.1, 0.15) is 36.1 Å². The Bertz CT molecular complexity index is 1020. The first-order valence-corrected chi connectivity index (χ1v) is 10.2. The third kappa shape index (κ3) is 3.29. The summed E-state index contributed by atoms with van der Waals surface area (Å²) < 4.78 is 0. The normalized spacial score (nSPS) is 15.6. The van der Waals surface area contributed by atoms with E-state index in [-0.39, 0.29) is 0 Å². The molecule has 0 heteroatoms. The van der Waals surface area contributed by atoms with Crippen LogP contribution < -0.4 is 0 Å². The minimum Gasteiger partial charge on any atom is -0.0991 e. The molecule has 0 heterocycles. The highest BCUT2D eigenvalue weighted by atomic mass is 14.5. The first-order valence-electron chi connectivity index (χ1n) is 10.2. The van der Waals surface area contributed by atoms with Crippen LogP contribution >= 0.6 is 0 Å². The first kappa shape index (κ1) is 20.6. The van der Waals surface area contributed by atoms with Crippen LogP contribution in [0.2, 0.25) is 0 Å². The number of hydrogen-bond donors (Lipinski definition) is 0. The molecule has 0 unspecified atom stereocenters. The van der Waals surface area contributed by atoms with Crippen LogP contribution in [-0.4, -0.2) is 0 Å². The summed E-state index contributed by atoms with van der Waals surface area (Å²) in [6, 6.07) is 13.6. The molecule has 0 fully saturated rings. The molecular weight excluding hydrogens is 348 g/mol. The zero-order chi connectivity index (χ0) is 21.0. The second kappa shape index (κ2) is 8.49. The summed E-state index contributed by atoms with van der Waals surface area (Å²) in [4.78, 5) is 0. The highest BCUT2D eigenvalue weighted by molar-refractivity contribution is 5.87. The van der Waals surface area contributed by atoms with E-state index in [1.54, 1.807) is 0 Å². The lowest BCUT2D eigenvalue weighted by molar-refractivity contribution is 0.763. The van der Waals surface area contributed by atoms with E-state index in [0.717, 1.165) is 0 Å². The highest BCUT2D eigenvalue weighted by Gasteiger charge is 2.46. The molecule has 0 saturated carbocycles. The van der Waals surface area contributed by atoms with Crippen molar-refractivity contribution in [2.45, 2.75) is 33.1 Å². The predicted molar refractivity (Wildman–Crippen MR) is 128 cm³/mol. The molecule has 2 aromatic rings. The third-order valence-electron chi connectivity index (χ3n) is 5.73. The Morgan fingerprint density at radius 3 is 1.86 bits per heavy atom. The fourth-order valence-electron chi connectivity index (χ4n) is 4.51. The molecule has 0 radical (unpaired) electrons. The molecule has 0 atom stereocenters. The van der Waals surface area contributed by atoms with Crippen LogP contribution in [0.25, 0.3) is 11.1 Å².